The van der Waals surface area contributed by atoms with Crippen molar-refractivity contribution in [1.29, 1.82) is 0 Å². The monoisotopic (exact) mass is 336 g/mol. The van der Waals surface area contributed by atoms with Crippen molar-refractivity contribution in [3.63, 3.8) is 0 Å². The molecule has 98 valence electrons. The molecule has 0 aliphatic rings. The Kier molecular flexibility index (Phi) is 4.92. The van der Waals surface area contributed by atoms with Gasteiger partial charge < -0.3 is 10.0 Å². The average Bonchev–Trinajstić information content (AvgIpc) is 2.28. The van der Waals surface area contributed by atoms with Crippen molar-refractivity contribution in [2.75, 3.05) is 18.0 Å². The minimum atomic E-state index is -1.06. The molecule has 0 fully saturated rings. The highest BCUT2D eigenvalue weighted by Gasteiger charge is 2.25. The van der Waals surface area contributed by atoms with Gasteiger partial charge >= 0.3 is 11.7 Å². The van der Waals surface area contributed by atoms with Gasteiger partial charge in [0.05, 0.1) is 4.92 Å². The lowest BCUT2D eigenvalue weighted by Crippen LogP contribution is -2.29. The van der Waals surface area contributed by atoms with E-state index in [0.29, 0.717) is 11.0 Å². The third kappa shape index (κ3) is 3.11. The van der Waals surface area contributed by atoms with Crippen molar-refractivity contribution < 1.29 is 14.8 Å². The predicted molar refractivity (Wildman–Crippen MR) is 71.3 cm³/mol. The maximum atomic E-state index is 11.0. The van der Waals surface area contributed by atoms with Crippen molar-refractivity contribution >= 4 is 44.9 Å². The molecule has 0 spiro atoms. The largest absolute Gasteiger partial charge is 0.480 e. The zero-order valence-electron chi connectivity index (χ0n) is 9.39. The fraction of sp³-hybridized carbons (Fsp3) is 0.300. The summed E-state index contributed by atoms with van der Waals surface area (Å²) in [6.45, 7) is 1.71. The number of aliphatic carboxylic acids is 1. The summed E-state index contributed by atoms with van der Waals surface area (Å²) >= 11 is 8.97. The van der Waals surface area contributed by atoms with E-state index < -0.39 is 10.9 Å². The Balaban J connectivity index is 3.34. The smallest absolute Gasteiger partial charge is 0.323 e. The number of benzene rings is 1. The molecule has 0 aliphatic carbocycles. The van der Waals surface area contributed by atoms with Crippen molar-refractivity contribution in [2.24, 2.45) is 0 Å². The van der Waals surface area contributed by atoms with E-state index >= 15 is 0 Å². The molecule has 0 saturated heterocycles. The van der Waals surface area contributed by atoms with Gasteiger partial charge in [0.15, 0.2) is 0 Å². The number of hydrogen-bond donors (Lipinski definition) is 1. The minimum absolute atomic E-state index is 0.0404. The van der Waals surface area contributed by atoms with Crippen LogP contribution in [0.1, 0.15) is 6.92 Å². The van der Waals surface area contributed by atoms with E-state index in [4.69, 9.17) is 16.7 Å². The SMILES string of the molecule is CCN(CC(=O)O)c1ccc(Br)c(Cl)c1[N+](=O)[O-]. The van der Waals surface area contributed by atoms with Crippen molar-refractivity contribution in [3.05, 3.63) is 31.7 Å². The molecule has 18 heavy (non-hydrogen) atoms. The van der Waals surface area contributed by atoms with Gasteiger partial charge in [0.1, 0.15) is 17.3 Å². The van der Waals surface area contributed by atoms with Gasteiger partial charge in [-0.3, -0.25) is 14.9 Å². The van der Waals surface area contributed by atoms with Crippen LogP contribution in [0.25, 0.3) is 0 Å². The topological polar surface area (TPSA) is 83.7 Å². The summed E-state index contributed by atoms with van der Waals surface area (Å²) in [6.07, 6.45) is 0. The molecule has 0 radical (unpaired) electrons. The van der Waals surface area contributed by atoms with Gasteiger partial charge in [0.2, 0.25) is 0 Å². The molecule has 0 amide bonds. The summed E-state index contributed by atoms with van der Waals surface area (Å²) in [5, 5.41) is 19.8. The number of carboxylic acids is 1. The van der Waals surface area contributed by atoms with E-state index in [1.807, 2.05) is 0 Å². The Hall–Kier alpha value is -1.34. The first kappa shape index (κ1) is 14.7. The molecule has 0 bridgehead atoms. The summed E-state index contributed by atoms with van der Waals surface area (Å²) in [7, 11) is 0. The van der Waals surface area contributed by atoms with Gasteiger partial charge in [-0.15, -0.1) is 0 Å². The summed E-state index contributed by atoms with van der Waals surface area (Å²) in [6, 6.07) is 3.02. The van der Waals surface area contributed by atoms with E-state index in [0.717, 1.165) is 0 Å². The van der Waals surface area contributed by atoms with E-state index in [9.17, 15) is 14.9 Å². The van der Waals surface area contributed by atoms with Gasteiger partial charge in [-0.25, -0.2) is 0 Å². The fourth-order valence-corrected chi connectivity index (χ4v) is 2.04. The summed E-state index contributed by atoms with van der Waals surface area (Å²) < 4.78 is 0.394. The van der Waals surface area contributed by atoms with Crippen LogP contribution in [-0.2, 0) is 4.79 Å². The van der Waals surface area contributed by atoms with Gasteiger partial charge in [-0.2, -0.15) is 0 Å². The number of nitro groups is 1. The lowest BCUT2D eigenvalue weighted by molar-refractivity contribution is -0.384. The molecular formula is C10H10BrClN2O4. The van der Waals surface area contributed by atoms with E-state index in [-0.39, 0.29) is 22.9 Å². The number of carboxylic acid groups (broad SMARTS) is 1. The molecular weight excluding hydrogens is 327 g/mol. The Morgan fingerprint density at radius 3 is 2.67 bits per heavy atom. The number of halogens is 2. The second-order valence-corrected chi connectivity index (χ2v) is 4.63. The Bertz CT molecular complexity index is 495. The van der Waals surface area contributed by atoms with Crippen LogP contribution in [0, 0.1) is 10.1 Å². The quantitative estimate of drug-likeness (QED) is 0.659. The molecule has 0 saturated carbocycles. The fourth-order valence-electron chi connectivity index (χ4n) is 1.49. The van der Waals surface area contributed by atoms with Crippen LogP contribution in [0.15, 0.2) is 16.6 Å². The maximum absolute atomic E-state index is 11.0. The molecule has 8 heteroatoms. The van der Waals surface area contributed by atoms with Gasteiger partial charge in [-0.1, -0.05) is 11.6 Å². The lowest BCUT2D eigenvalue weighted by atomic mass is 10.2. The van der Waals surface area contributed by atoms with Crippen molar-refractivity contribution in [1.82, 2.24) is 0 Å². The van der Waals surface area contributed by atoms with Gasteiger partial charge in [0.25, 0.3) is 0 Å². The maximum Gasteiger partial charge on any atom is 0.323 e. The number of nitrogens with zero attached hydrogens (tertiary/aromatic N) is 2. The van der Waals surface area contributed by atoms with E-state index in [1.54, 1.807) is 13.0 Å². The van der Waals surface area contributed by atoms with Gasteiger partial charge in [0, 0.05) is 11.0 Å². The highest BCUT2D eigenvalue weighted by atomic mass is 79.9. The first-order valence-corrected chi connectivity index (χ1v) is 6.14. The molecule has 1 aromatic carbocycles. The van der Waals surface area contributed by atoms with E-state index in [1.165, 1.54) is 11.0 Å². The molecule has 0 heterocycles. The minimum Gasteiger partial charge on any atom is -0.480 e. The van der Waals surface area contributed by atoms with Crippen LogP contribution in [-0.4, -0.2) is 29.1 Å². The first-order chi connectivity index (χ1) is 8.38. The van der Waals surface area contributed by atoms with Crippen LogP contribution in [0.2, 0.25) is 5.02 Å². The normalized spacial score (nSPS) is 10.2. The molecule has 1 rings (SSSR count). The average molecular weight is 338 g/mol. The van der Waals surface area contributed by atoms with Crippen LogP contribution in [0.5, 0.6) is 0 Å². The van der Waals surface area contributed by atoms with Crippen molar-refractivity contribution in [2.45, 2.75) is 6.92 Å². The predicted octanol–water partition coefficient (Wildman–Crippen LogP) is 2.92. The van der Waals surface area contributed by atoms with Crippen LogP contribution >= 0.6 is 27.5 Å². The number of anilines is 1. The van der Waals surface area contributed by atoms with Crippen molar-refractivity contribution in [3.8, 4) is 0 Å². The van der Waals surface area contributed by atoms with Crippen LogP contribution < -0.4 is 4.90 Å². The molecule has 1 N–H and O–H groups in total. The number of likely N-dealkylation sites (N-methyl/N-ethyl adjacent to an activating group) is 1. The molecule has 0 atom stereocenters. The van der Waals surface area contributed by atoms with Crippen LogP contribution in [0.3, 0.4) is 0 Å². The third-order valence-corrected chi connectivity index (χ3v) is 3.55. The highest BCUT2D eigenvalue weighted by molar-refractivity contribution is 9.10. The second kappa shape index (κ2) is 6.01. The molecule has 0 aliphatic heterocycles. The Labute approximate surface area is 116 Å². The Morgan fingerprint density at radius 2 is 2.22 bits per heavy atom. The first-order valence-electron chi connectivity index (χ1n) is 4.97. The van der Waals surface area contributed by atoms with E-state index in [2.05, 4.69) is 15.9 Å². The van der Waals surface area contributed by atoms with Crippen LogP contribution in [0.4, 0.5) is 11.4 Å². The number of hydrogen-bond acceptors (Lipinski definition) is 4. The Morgan fingerprint density at radius 1 is 1.61 bits per heavy atom. The summed E-state index contributed by atoms with van der Waals surface area (Å²) in [4.78, 5) is 22.5. The molecule has 1 aromatic rings. The molecule has 0 aromatic heterocycles. The highest BCUT2D eigenvalue weighted by Crippen LogP contribution is 2.39. The standard InChI is InChI=1S/C10H10BrClN2O4/c1-2-13(5-8(15)16)7-4-3-6(11)9(12)10(7)14(17)18/h3-4H,2,5H2,1H3,(H,15,16). The second-order valence-electron chi connectivity index (χ2n) is 3.39. The zero-order chi connectivity index (χ0) is 13.9. The number of nitro benzene ring substituents is 1. The lowest BCUT2D eigenvalue weighted by Gasteiger charge is -2.21. The zero-order valence-corrected chi connectivity index (χ0v) is 11.7. The molecule has 6 nitrogen and oxygen atoms in total. The number of carbonyl (C=O) groups is 1. The third-order valence-electron chi connectivity index (χ3n) is 2.28. The summed E-state index contributed by atoms with van der Waals surface area (Å²) in [5.41, 5.74) is -0.104. The summed E-state index contributed by atoms with van der Waals surface area (Å²) in [5.74, 6) is -1.06. The molecule has 0 unspecified atom stereocenters. The number of rotatable bonds is 5. The van der Waals surface area contributed by atoms with Gasteiger partial charge in [-0.05, 0) is 35.0 Å².